The van der Waals surface area contributed by atoms with E-state index < -0.39 is 0 Å². The zero-order chi connectivity index (χ0) is 24.9. The summed E-state index contributed by atoms with van der Waals surface area (Å²) in [5.41, 5.74) is 1.88. The van der Waals surface area contributed by atoms with E-state index >= 15 is 0 Å². The molecule has 2 saturated heterocycles. The zero-order valence-corrected chi connectivity index (χ0v) is 21.0. The Morgan fingerprint density at radius 2 is 1.76 bits per heavy atom. The third-order valence-electron chi connectivity index (χ3n) is 5.31. The molecule has 2 fully saturated rings. The molecule has 0 aliphatic carbocycles. The molecule has 0 atom stereocenters. The molecular weight excluding hydrogens is 432 g/mol. The number of guanidine groups is 1. The van der Waals surface area contributed by atoms with Gasteiger partial charge in [-0.05, 0) is 19.9 Å². The molecule has 3 rings (SSSR count). The third kappa shape index (κ3) is 7.86. The van der Waals surface area contributed by atoms with Crippen LogP contribution in [0.5, 0.6) is 0 Å². The minimum Gasteiger partial charge on any atom is -0.379 e. The van der Waals surface area contributed by atoms with Crippen molar-refractivity contribution in [1.82, 2.24) is 15.1 Å². The van der Waals surface area contributed by atoms with Gasteiger partial charge in [-0.1, -0.05) is 44.7 Å². The van der Waals surface area contributed by atoms with Gasteiger partial charge in [0.1, 0.15) is 0 Å². The normalized spacial score (nSPS) is 21.6. The second kappa shape index (κ2) is 14.4. The highest BCUT2D eigenvalue weighted by atomic mass is 16.5. The number of nitrogens with zero attached hydrogens (tertiary/aromatic N) is 5. The average molecular weight is 471 g/mol. The molecule has 0 saturated carbocycles. The fraction of sp³-hybridized carbons (Fsp3) is 0.520. The number of ketones is 1. The van der Waals surface area contributed by atoms with Crippen LogP contribution in [0.1, 0.15) is 27.7 Å². The summed E-state index contributed by atoms with van der Waals surface area (Å²) in [5, 5.41) is 2.97. The first-order chi connectivity index (χ1) is 16.5. The Hall–Kier alpha value is -2.88. The van der Waals surface area contributed by atoms with Crippen LogP contribution in [0.25, 0.3) is 0 Å². The minimum atomic E-state index is -0.259. The lowest BCUT2D eigenvalue weighted by atomic mass is 10.1. The van der Waals surface area contributed by atoms with E-state index in [2.05, 4.69) is 38.3 Å². The van der Waals surface area contributed by atoms with Gasteiger partial charge in [-0.3, -0.25) is 9.69 Å². The predicted octanol–water partition coefficient (Wildman–Crippen LogP) is 2.55. The van der Waals surface area contributed by atoms with Crippen molar-refractivity contribution in [2.75, 3.05) is 59.3 Å². The van der Waals surface area contributed by atoms with Crippen LogP contribution in [0, 0.1) is 0 Å². The molecule has 3 aliphatic heterocycles. The number of amidine groups is 2. The molecule has 0 aromatic heterocycles. The summed E-state index contributed by atoms with van der Waals surface area (Å²) in [4.78, 5) is 31.1. The van der Waals surface area contributed by atoms with Crippen LogP contribution in [-0.4, -0.2) is 92.5 Å². The number of nitrogens with one attached hydrogen (secondary N) is 1. The number of ether oxygens (including phenoxy) is 2. The number of hydrogen-bond acceptors (Lipinski definition) is 6. The number of carbonyl (C=O) groups is 1. The fourth-order valence-electron chi connectivity index (χ4n) is 3.25. The molecule has 34 heavy (non-hydrogen) atoms. The molecule has 0 aromatic rings. The molecule has 0 bridgehead atoms. The first-order valence-electron chi connectivity index (χ1n) is 11.8. The van der Waals surface area contributed by atoms with E-state index in [-0.39, 0.29) is 11.6 Å². The van der Waals surface area contributed by atoms with Crippen LogP contribution in [0.4, 0.5) is 0 Å². The third-order valence-corrected chi connectivity index (χ3v) is 5.31. The van der Waals surface area contributed by atoms with Gasteiger partial charge in [-0.15, -0.1) is 0 Å². The van der Waals surface area contributed by atoms with E-state index in [1.165, 1.54) is 6.08 Å². The number of morpholine rings is 2. The first kappa shape index (κ1) is 27.4. The van der Waals surface area contributed by atoms with Gasteiger partial charge >= 0.3 is 0 Å². The summed E-state index contributed by atoms with van der Waals surface area (Å²) < 4.78 is 10.9. The Labute approximate surface area is 203 Å². The maximum absolute atomic E-state index is 12.9. The summed E-state index contributed by atoms with van der Waals surface area (Å²) in [6.45, 7) is 21.8. The van der Waals surface area contributed by atoms with Crippen LogP contribution in [0.15, 0.2) is 63.2 Å². The molecule has 0 unspecified atom stereocenters. The second-order valence-corrected chi connectivity index (χ2v) is 7.59. The van der Waals surface area contributed by atoms with Crippen LogP contribution < -0.4 is 5.32 Å². The van der Waals surface area contributed by atoms with Crippen molar-refractivity contribution in [1.29, 1.82) is 0 Å². The summed E-state index contributed by atoms with van der Waals surface area (Å²) in [5.74, 6) is 0.843. The van der Waals surface area contributed by atoms with E-state index in [1.54, 1.807) is 6.08 Å². The van der Waals surface area contributed by atoms with Gasteiger partial charge < -0.3 is 19.7 Å². The molecule has 3 heterocycles. The van der Waals surface area contributed by atoms with Crippen molar-refractivity contribution >= 4 is 23.4 Å². The van der Waals surface area contributed by atoms with Crippen molar-refractivity contribution in [2.45, 2.75) is 27.7 Å². The van der Waals surface area contributed by atoms with Gasteiger partial charge in [-0.2, -0.15) is 4.99 Å². The number of aliphatic imine (C=N–C) groups is 3. The highest BCUT2D eigenvalue weighted by Gasteiger charge is 2.25. The monoisotopic (exact) mass is 470 g/mol. The van der Waals surface area contributed by atoms with Gasteiger partial charge in [-0.25, -0.2) is 9.98 Å². The Morgan fingerprint density at radius 3 is 2.35 bits per heavy atom. The minimum absolute atomic E-state index is 0.179. The molecule has 186 valence electrons. The number of hydrogen-bond donors (Lipinski definition) is 1. The van der Waals surface area contributed by atoms with Crippen molar-refractivity contribution in [2.24, 2.45) is 15.0 Å². The summed E-state index contributed by atoms with van der Waals surface area (Å²) in [7, 11) is 0. The molecule has 0 spiro atoms. The van der Waals surface area contributed by atoms with Crippen molar-refractivity contribution in [3.8, 4) is 0 Å². The van der Waals surface area contributed by atoms with Crippen LogP contribution >= 0.6 is 0 Å². The highest BCUT2D eigenvalue weighted by molar-refractivity contribution is 6.49. The molecule has 9 nitrogen and oxygen atoms in total. The molecule has 3 aliphatic rings. The highest BCUT2D eigenvalue weighted by Crippen LogP contribution is 2.12. The Kier molecular flexibility index (Phi) is 11.6. The second-order valence-electron chi connectivity index (χ2n) is 7.59. The Bertz CT molecular complexity index is 888. The van der Waals surface area contributed by atoms with Crippen molar-refractivity contribution < 1.29 is 14.3 Å². The topological polar surface area (TPSA) is 91.1 Å². The molecule has 1 N–H and O–H groups in total. The van der Waals surface area contributed by atoms with Crippen LogP contribution in [0.2, 0.25) is 0 Å². The van der Waals surface area contributed by atoms with E-state index in [0.29, 0.717) is 69.3 Å². The van der Waals surface area contributed by atoms with E-state index in [9.17, 15) is 4.79 Å². The van der Waals surface area contributed by atoms with Gasteiger partial charge in [0.2, 0.25) is 11.7 Å². The fourth-order valence-corrected chi connectivity index (χ4v) is 3.25. The number of carbonyl (C=O) groups excluding carboxylic acids is 1. The van der Waals surface area contributed by atoms with Crippen LogP contribution in [0.3, 0.4) is 0 Å². The first-order valence-corrected chi connectivity index (χ1v) is 11.8. The number of allylic oxidation sites excluding steroid dienone is 4. The molecular formula is C25H38N6O3. The Balaban J connectivity index is 0.00000199. The molecule has 0 aromatic carbocycles. The lowest BCUT2D eigenvalue weighted by molar-refractivity contribution is -0.109. The van der Waals surface area contributed by atoms with Crippen molar-refractivity contribution in [3.63, 3.8) is 0 Å². The van der Waals surface area contributed by atoms with Gasteiger partial charge in [0, 0.05) is 31.8 Å². The summed E-state index contributed by atoms with van der Waals surface area (Å²) in [6, 6.07) is 0. The number of rotatable bonds is 6. The summed E-state index contributed by atoms with van der Waals surface area (Å²) >= 11 is 0. The quantitative estimate of drug-likeness (QED) is 0.278. The van der Waals surface area contributed by atoms with E-state index in [0.717, 1.165) is 18.7 Å². The molecule has 9 heteroatoms. The maximum atomic E-state index is 12.9. The standard InChI is InChI=1S/C23H32N6O3.C2H6/c1-5-17(3)15-19(6-2)20(30)22-25-18(4)21(26-22)27-23(29-9-13-32-14-10-29)24-16-28-7-11-31-12-8-28;1-2/h5-6,15H,2,4,7-14,16H2,1,3H3,(H,24,25,26,27);1-2H3/b17-5-,19-15+;. The van der Waals surface area contributed by atoms with E-state index in [1.807, 2.05) is 33.8 Å². The lowest BCUT2D eigenvalue weighted by Gasteiger charge is -2.29. The van der Waals surface area contributed by atoms with Crippen LogP contribution in [-0.2, 0) is 14.3 Å². The maximum Gasteiger partial charge on any atom is 0.228 e. The lowest BCUT2D eigenvalue weighted by Crippen LogP contribution is -2.42. The SMILES string of the molecule is C=C/C(=C\C(C)=C/C)C(=O)C1=N/C(=N/C(=N\CN2CCOCC2)N2CCOCC2)C(=C)N1.CC. The smallest absolute Gasteiger partial charge is 0.228 e. The van der Waals surface area contributed by atoms with Gasteiger partial charge in [0.05, 0.1) is 38.8 Å². The Morgan fingerprint density at radius 1 is 1.15 bits per heavy atom. The average Bonchev–Trinajstić information content (AvgIpc) is 3.26. The molecule has 0 amide bonds. The largest absolute Gasteiger partial charge is 0.379 e. The summed E-state index contributed by atoms with van der Waals surface area (Å²) in [6.07, 6.45) is 5.23. The zero-order valence-electron chi connectivity index (χ0n) is 21.0. The molecule has 0 radical (unpaired) electrons. The van der Waals surface area contributed by atoms with E-state index in [4.69, 9.17) is 14.5 Å². The van der Waals surface area contributed by atoms with Crippen molar-refractivity contribution in [3.05, 3.63) is 48.2 Å². The van der Waals surface area contributed by atoms with Gasteiger partial charge in [0.25, 0.3) is 0 Å². The predicted molar refractivity (Wildman–Crippen MR) is 138 cm³/mol. The van der Waals surface area contributed by atoms with Gasteiger partial charge in [0.15, 0.2) is 11.7 Å². The number of Topliss-reactive ketones (excluding diaryl/α,β-unsaturated/α-hetero) is 1.